The van der Waals surface area contributed by atoms with Crippen LogP contribution in [-0.2, 0) is 0 Å². The molecule has 69 valence electrons. The normalized spacial score (nSPS) is 9.71. The first-order valence-corrected chi connectivity index (χ1v) is 4.91. The summed E-state index contributed by atoms with van der Waals surface area (Å²) >= 11 is 1.40. The fourth-order valence-corrected chi connectivity index (χ4v) is 1.52. The number of thiazole rings is 1. The molecule has 1 aromatic carbocycles. The first kappa shape index (κ1) is 8.90. The number of rotatable bonds is 2. The summed E-state index contributed by atoms with van der Waals surface area (Å²) in [5.41, 5.74) is 0.610. The van der Waals surface area contributed by atoms with Crippen molar-refractivity contribution in [1.29, 1.82) is 0 Å². The van der Waals surface area contributed by atoms with Gasteiger partial charge < -0.3 is 0 Å². The Morgan fingerprint density at radius 2 is 2.21 bits per heavy atom. The highest BCUT2D eigenvalue weighted by Crippen LogP contribution is 2.11. The van der Waals surface area contributed by atoms with E-state index in [-0.39, 0.29) is 5.91 Å². The Morgan fingerprint density at radius 3 is 2.86 bits per heavy atom. The van der Waals surface area contributed by atoms with Crippen LogP contribution in [0.2, 0.25) is 0 Å². The molecule has 0 aliphatic heterocycles. The first-order valence-electron chi connectivity index (χ1n) is 4.03. The number of amides is 1. The van der Waals surface area contributed by atoms with Crippen LogP contribution in [0.15, 0.2) is 35.8 Å². The van der Waals surface area contributed by atoms with Crippen molar-refractivity contribution in [2.45, 2.75) is 0 Å². The molecule has 2 aromatic rings. The Bertz CT molecular complexity index is 411. The van der Waals surface area contributed by atoms with Crippen LogP contribution in [0.3, 0.4) is 0 Å². The van der Waals surface area contributed by atoms with Crippen molar-refractivity contribution in [2.75, 3.05) is 5.32 Å². The molecule has 1 heterocycles. The lowest BCUT2D eigenvalue weighted by atomic mass is 10.2. The van der Waals surface area contributed by atoms with Crippen LogP contribution < -0.4 is 5.32 Å². The van der Waals surface area contributed by atoms with Gasteiger partial charge in [-0.1, -0.05) is 12.1 Å². The number of nitrogens with one attached hydrogen (secondary N) is 1. The number of hydrogen-bond acceptors (Lipinski definition) is 3. The lowest BCUT2D eigenvalue weighted by molar-refractivity contribution is 0.102. The van der Waals surface area contributed by atoms with Crippen molar-refractivity contribution in [1.82, 2.24) is 4.98 Å². The summed E-state index contributed by atoms with van der Waals surface area (Å²) in [6.45, 7) is 0. The molecular weight excluding hydrogens is 196 g/mol. The number of carbonyl (C=O) groups is 1. The van der Waals surface area contributed by atoms with Gasteiger partial charge in [0.1, 0.15) is 0 Å². The topological polar surface area (TPSA) is 42.0 Å². The van der Waals surface area contributed by atoms with Crippen LogP contribution in [-0.4, -0.2) is 10.9 Å². The van der Waals surface area contributed by atoms with Gasteiger partial charge in [0.15, 0.2) is 5.13 Å². The number of nitrogens with zero attached hydrogens (tertiary/aromatic N) is 1. The lowest BCUT2D eigenvalue weighted by Gasteiger charge is -1.99. The number of aromatic nitrogens is 1. The summed E-state index contributed by atoms with van der Waals surface area (Å²) in [6.07, 6.45) is 1.65. The highest BCUT2D eigenvalue weighted by atomic mass is 32.1. The molecule has 1 radical (unpaired) electrons. The molecule has 0 atom stereocenters. The minimum absolute atomic E-state index is 0.144. The van der Waals surface area contributed by atoms with Crippen LogP contribution in [0, 0.1) is 6.07 Å². The average molecular weight is 203 g/mol. The molecule has 0 saturated heterocycles. The van der Waals surface area contributed by atoms with E-state index >= 15 is 0 Å². The van der Waals surface area contributed by atoms with Gasteiger partial charge in [-0.05, 0) is 18.2 Å². The Hall–Kier alpha value is -1.68. The molecule has 0 fully saturated rings. The van der Waals surface area contributed by atoms with E-state index in [1.165, 1.54) is 11.3 Å². The van der Waals surface area contributed by atoms with E-state index in [1.807, 2.05) is 5.38 Å². The molecular formula is C10H7N2OS. The van der Waals surface area contributed by atoms with Crippen molar-refractivity contribution in [3.63, 3.8) is 0 Å². The molecule has 0 aliphatic rings. The maximum absolute atomic E-state index is 11.6. The Balaban J connectivity index is 2.11. The highest BCUT2D eigenvalue weighted by Gasteiger charge is 2.05. The second kappa shape index (κ2) is 4.02. The maximum Gasteiger partial charge on any atom is 0.257 e. The summed E-state index contributed by atoms with van der Waals surface area (Å²) in [7, 11) is 0. The fourth-order valence-electron chi connectivity index (χ4n) is 0.993. The summed E-state index contributed by atoms with van der Waals surface area (Å²) in [6, 6.07) is 9.69. The molecule has 0 unspecified atom stereocenters. The van der Waals surface area contributed by atoms with Crippen LogP contribution in [0.5, 0.6) is 0 Å². The molecule has 1 N–H and O–H groups in total. The van der Waals surface area contributed by atoms with Crippen molar-refractivity contribution < 1.29 is 4.79 Å². The second-order valence-electron chi connectivity index (χ2n) is 2.58. The van der Waals surface area contributed by atoms with Crippen molar-refractivity contribution in [3.8, 4) is 0 Å². The summed E-state index contributed by atoms with van der Waals surface area (Å²) < 4.78 is 0. The molecule has 14 heavy (non-hydrogen) atoms. The molecule has 1 aromatic heterocycles. The van der Waals surface area contributed by atoms with E-state index in [9.17, 15) is 4.79 Å². The van der Waals surface area contributed by atoms with Crippen LogP contribution in [0.4, 0.5) is 5.13 Å². The highest BCUT2D eigenvalue weighted by molar-refractivity contribution is 7.13. The Labute approximate surface area is 85.4 Å². The van der Waals surface area contributed by atoms with Gasteiger partial charge in [-0.25, -0.2) is 4.98 Å². The maximum atomic E-state index is 11.6. The van der Waals surface area contributed by atoms with Crippen molar-refractivity contribution in [3.05, 3.63) is 47.5 Å². The third-order valence-electron chi connectivity index (χ3n) is 1.63. The SMILES string of the molecule is O=C(Nc1nccs1)c1cc[c]cc1. The van der Waals surface area contributed by atoms with Crippen LogP contribution in [0.1, 0.15) is 10.4 Å². The predicted molar refractivity (Wildman–Crippen MR) is 55.3 cm³/mol. The number of anilines is 1. The van der Waals surface area contributed by atoms with E-state index in [0.717, 1.165) is 0 Å². The molecule has 0 bridgehead atoms. The third-order valence-corrected chi connectivity index (χ3v) is 2.32. The number of carbonyl (C=O) groups excluding carboxylic acids is 1. The van der Waals surface area contributed by atoms with Gasteiger partial charge in [-0.3, -0.25) is 10.1 Å². The standard InChI is InChI=1S/C10H7N2OS/c13-9(8-4-2-1-3-5-8)12-10-11-6-7-14-10/h2-7H,(H,11,12,13). The largest absolute Gasteiger partial charge is 0.298 e. The zero-order chi connectivity index (χ0) is 9.80. The van der Waals surface area contributed by atoms with Crippen LogP contribution >= 0.6 is 11.3 Å². The van der Waals surface area contributed by atoms with Gasteiger partial charge >= 0.3 is 0 Å². The van der Waals surface area contributed by atoms with E-state index in [2.05, 4.69) is 16.4 Å². The molecule has 0 aliphatic carbocycles. The quantitative estimate of drug-likeness (QED) is 0.813. The molecule has 4 heteroatoms. The molecule has 2 rings (SSSR count). The van der Waals surface area contributed by atoms with Gasteiger partial charge in [0.05, 0.1) is 0 Å². The van der Waals surface area contributed by atoms with Crippen molar-refractivity contribution in [2.24, 2.45) is 0 Å². The summed E-state index contributed by atoms with van der Waals surface area (Å²) in [4.78, 5) is 15.5. The Morgan fingerprint density at radius 1 is 1.43 bits per heavy atom. The summed E-state index contributed by atoms with van der Waals surface area (Å²) in [5, 5.41) is 5.12. The first-order chi connectivity index (χ1) is 6.86. The van der Waals surface area contributed by atoms with E-state index in [4.69, 9.17) is 0 Å². The van der Waals surface area contributed by atoms with E-state index < -0.39 is 0 Å². The van der Waals surface area contributed by atoms with Gasteiger partial charge in [0.2, 0.25) is 0 Å². The predicted octanol–water partition coefficient (Wildman–Crippen LogP) is 2.20. The van der Waals surface area contributed by atoms with E-state index in [1.54, 1.807) is 30.5 Å². The molecule has 3 nitrogen and oxygen atoms in total. The van der Waals surface area contributed by atoms with Crippen molar-refractivity contribution >= 4 is 22.4 Å². The monoisotopic (exact) mass is 203 g/mol. The lowest BCUT2D eigenvalue weighted by Crippen LogP contribution is -2.11. The fraction of sp³-hybridized carbons (Fsp3) is 0. The minimum Gasteiger partial charge on any atom is -0.298 e. The molecule has 0 saturated carbocycles. The van der Waals surface area contributed by atoms with Crippen LogP contribution in [0.25, 0.3) is 0 Å². The number of benzene rings is 1. The third kappa shape index (κ3) is 1.97. The van der Waals surface area contributed by atoms with Gasteiger partial charge in [0.25, 0.3) is 5.91 Å². The minimum atomic E-state index is -0.144. The average Bonchev–Trinajstić information content (AvgIpc) is 2.72. The molecule has 1 amide bonds. The van der Waals surface area contributed by atoms with E-state index in [0.29, 0.717) is 10.7 Å². The summed E-state index contributed by atoms with van der Waals surface area (Å²) in [5.74, 6) is -0.144. The van der Waals surface area contributed by atoms with Gasteiger partial charge in [-0.2, -0.15) is 0 Å². The zero-order valence-corrected chi connectivity index (χ0v) is 8.04. The second-order valence-corrected chi connectivity index (χ2v) is 3.47. The smallest absolute Gasteiger partial charge is 0.257 e. The number of hydrogen-bond donors (Lipinski definition) is 1. The van der Waals surface area contributed by atoms with Gasteiger partial charge in [0, 0.05) is 17.1 Å². The molecule has 0 spiro atoms. The zero-order valence-electron chi connectivity index (χ0n) is 7.23. The Kier molecular flexibility index (Phi) is 2.55. The van der Waals surface area contributed by atoms with Gasteiger partial charge in [-0.15, -0.1) is 11.3 Å².